The smallest absolute Gasteiger partial charge is 0.240 e. The zero-order valence-corrected chi connectivity index (χ0v) is 16.5. The number of hydrogen-bond acceptors (Lipinski definition) is 6. The Kier molecular flexibility index (Phi) is 5.24. The molecule has 0 atom stereocenters. The van der Waals surface area contributed by atoms with Gasteiger partial charge in [-0.3, -0.25) is 0 Å². The first-order valence-electron chi connectivity index (χ1n) is 7.55. The molecule has 0 aliphatic rings. The zero-order valence-electron chi connectivity index (χ0n) is 14.1. The van der Waals surface area contributed by atoms with Crippen LogP contribution in [0, 0.1) is 13.8 Å². The van der Waals surface area contributed by atoms with Gasteiger partial charge in [-0.25, -0.2) is 18.1 Å². The number of thiophene rings is 1. The Hall–Kier alpha value is -1.74. The van der Waals surface area contributed by atoms with Crippen LogP contribution in [-0.4, -0.2) is 20.5 Å². The molecule has 8 heteroatoms. The van der Waals surface area contributed by atoms with E-state index in [1.807, 2.05) is 31.4 Å². The van der Waals surface area contributed by atoms with E-state index in [1.54, 1.807) is 36.6 Å². The molecule has 0 spiro atoms. The van der Waals surface area contributed by atoms with Crippen molar-refractivity contribution < 1.29 is 13.2 Å². The number of aromatic nitrogens is 1. The first kappa shape index (κ1) is 18.1. The van der Waals surface area contributed by atoms with Crippen molar-refractivity contribution in [3.8, 4) is 15.6 Å². The van der Waals surface area contributed by atoms with Crippen LogP contribution in [0.5, 0.6) is 5.75 Å². The van der Waals surface area contributed by atoms with Crippen molar-refractivity contribution in [3.63, 3.8) is 0 Å². The lowest BCUT2D eigenvalue weighted by Gasteiger charge is -2.09. The normalized spacial score (nSPS) is 11.6. The highest BCUT2D eigenvalue weighted by atomic mass is 32.2. The summed E-state index contributed by atoms with van der Waals surface area (Å²) in [6, 6.07) is 8.81. The maximum atomic E-state index is 12.5. The van der Waals surface area contributed by atoms with Crippen LogP contribution in [0.25, 0.3) is 9.88 Å². The van der Waals surface area contributed by atoms with Crippen molar-refractivity contribution >= 4 is 32.7 Å². The summed E-state index contributed by atoms with van der Waals surface area (Å²) in [5.41, 5.74) is 1.63. The Labute approximate surface area is 155 Å². The second kappa shape index (κ2) is 7.25. The average molecular weight is 395 g/mol. The summed E-state index contributed by atoms with van der Waals surface area (Å²) in [6.07, 6.45) is 0. The predicted octanol–water partition coefficient (Wildman–Crippen LogP) is 3.98. The van der Waals surface area contributed by atoms with Crippen molar-refractivity contribution in [2.24, 2.45) is 0 Å². The molecule has 25 heavy (non-hydrogen) atoms. The molecule has 3 aromatic rings. The highest BCUT2D eigenvalue weighted by Gasteiger charge is 2.17. The summed E-state index contributed by atoms with van der Waals surface area (Å²) in [6.45, 7) is 3.94. The van der Waals surface area contributed by atoms with Gasteiger partial charge in [0.25, 0.3) is 0 Å². The monoisotopic (exact) mass is 394 g/mol. The Bertz CT molecular complexity index is 977. The van der Waals surface area contributed by atoms with Gasteiger partial charge in [0, 0.05) is 11.4 Å². The van der Waals surface area contributed by atoms with Crippen LogP contribution >= 0.6 is 22.7 Å². The number of hydrogen-bond donors (Lipinski definition) is 1. The fourth-order valence-corrected chi connectivity index (χ4v) is 5.33. The number of thiazole rings is 1. The zero-order chi connectivity index (χ0) is 18.0. The molecule has 0 bridgehead atoms. The SMILES string of the molecule is COc1ccc(S(=O)(=O)NCc2sc(-c3cccs3)nc2C)cc1C. The number of ether oxygens (including phenoxy) is 1. The van der Waals surface area contributed by atoms with Crippen molar-refractivity contribution in [3.05, 3.63) is 51.8 Å². The molecule has 0 fully saturated rings. The van der Waals surface area contributed by atoms with Crippen molar-refractivity contribution in [2.75, 3.05) is 7.11 Å². The van der Waals surface area contributed by atoms with E-state index in [1.165, 1.54) is 11.3 Å². The Morgan fingerprint density at radius 1 is 1.24 bits per heavy atom. The van der Waals surface area contributed by atoms with Crippen LogP contribution in [0.15, 0.2) is 40.6 Å². The van der Waals surface area contributed by atoms with Crippen molar-refractivity contribution in [1.82, 2.24) is 9.71 Å². The minimum Gasteiger partial charge on any atom is -0.496 e. The van der Waals surface area contributed by atoms with Gasteiger partial charge < -0.3 is 4.74 Å². The largest absolute Gasteiger partial charge is 0.496 e. The fraction of sp³-hybridized carbons (Fsp3) is 0.235. The van der Waals surface area contributed by atoms with E-state index < -0.39 is 10.0 Å². The van der Waals surface area contributed by atoms with Gasteiger partial charge in [0.2, 0.25) is 10.0 Å². The maximum Gasteiger partial charge on any atom is 0.240 e. The summed E-state index contributed by atoms with van der Waals surface area (Å²) in [5, 5.41) is 2.92. The molecule has 2 aromatic heterocycles. The van der Waals surface area contributed by atoms with Gasteiger partial charge >= 0.3 is 0 Å². The minimum absolute atomic E-state index is 0.224. The van der Waals surface area contributed by atoms with Crippen molar-refractivity contribution in [2.45, 2.75) is 25.3 Å². The highest BCUT2D eigenvalue weighted by Crippen LogP contribution is 2.31. The van der Waals surface area contributed by atoms with Crippen molar-refractivity contribution in [1.29, 1.82) is 0 Å². The Morgan fingerprint density at radius 3 is 2.68 bits per heavy atom. The van der Waals surface area contributed by atoms with Gasteiger partial charge in [-0.15, -0.1) is 22.7 Å². The first-order chi connectivity index (χ1) is 11.9. The van der Waals surface area contributed by atoms with Crippen LogP contribution < -0.4 is 9.46 Å². The third-order valence-electron chi connectivity index (χ3n) is 3.72. The topological polar surface area (TPSA) is 68.3 Å². The standard InChI is InChI=1S/C17H18N2O3S3/c1-11-9-13(6-7-14(11)22-3)25(20,21)18-10-16-12(2)19-17(24-16)15-5-4-8-23-15/h4-9,18H,10H2,1-3H3. The number of nitrogens with zero attached hydrogens (tertiary/aromatic N) is 1. The predicted molar refractivity (Wildman–Crippen MR) is 102 cm³/mol. The maximum absolute atomic E-state index is 12.5. The van der Waals surface area contributed by atoms with Crippen LogP contribution in [0.1, 0.15) is 16.1 Å². The first-order valence-corrected chi connectivity index (χ1v) is 10.7. The molecule has 0 amide bonds. The molecule has 0 saturated heterocycles. The van der Waals surface area contributed by atoms with Gasteiger partial charge in [-0.1, -0.05) is 6.07 Å². The third-order valence-corrected chi connectivity index (χ3v) is 7.32. The molecule has 0 saturated carbocycles. The van der Waals surface area contributed by atoms with E-state index >= 15 is 0 Å². The van der Waals surface area contributed by atoms with E-state index in [0.29, 0.717) is 5.75 Å². The second-order valence-corrected chi connectivity index (χ2v) is 9.26. The summed E-state index contributed by atoms with van der Waals surface area (Å²) < 4.78 is 32.9. The summed E-state index contributed by atoms with van der Waals surface area (Å²) >= 11 is 3.14. The molecule has 1 aromatic carbocycles. The van der Waals surface area contributed by atoms with Crippen LogP contribution in [0.3, 0.4) is 0 Å². The summed E-state index contributed by atoms with van der Waals surface area (Å²) in [7, 11) is -2.03. The van der Waals surface area contributed by atoms with Gasteiger partial charge in [0.05, 0.1) is 22.6 Å². The summed E-state index contributed by atoms with van der Waals surface area (Å²) in [4.78, 5) is 6.77. The molecular weight excluding hydrogens is 376 g/mol. The number of rotatable bonds is 6. The number of methoxy groups -OCH3 is 1. The molecule has 0 aliphatic carbocycles. The average Bonchev–Trinajstić information content (AvgIpc) is 3.22. The lowest BCUT2D eigenvalue weighted by molar-refractivity contribution is 0.411. The van der Waals surface area contributed by atoms with Gasteiger partial charge in [-0.05, 0) is 49.1 Å². The van der Waals surface area contributed by atoms with Crippen LogP contribution in [0.4, 0.5) is 0 Å². The molecule has 3 rings (SSSR count). The van der Waals surface area contributed by atoms with Gasteiger partial charge in [0.1, 0.15) is 10.8 Å². The summed E-state index contributed by atoms with van der Waals surface area (Å²) in [5.74, 6) is 0.665. The number of aryl methyl sites for hydroxylation is 2. The van der Waals surface area contributed by atoms with Crippen LogP contribution in [-0.2, 0) is 16.6 Å². The molecule has 5 nitrogen and oxygen atoms in total. The third kappa shape index (κ3) is 3.92. The number of sulfonamides is 1. The van der Waals surface area contributed by atoms with Crippen LogP contribution in [0.2, 0.25) is 0 Å². The van der Waals surface area contributed by atoms with Gasteiger partial charge in [0.15, 0.2) is 0 Å². The molecule has 2 heterocycles. The second-order valence-electron chi connectivity index (χ2n) is 5.46. The molecular formula is C17H18N2O3S3. The van der Waals surface area contributed by atoms with E-state index in [0.717, 1.165) is 26.0 Å². The van der Waals surface area contributed by atoms with E-state index in [-0.39, 0.29) is 11.4 Å². The highest BCUT2D eigenvalue weighted by molar-refractivity contribution is 7.89. The molecule has 0 unspecified atom stereocenters. The molecule has 1 N–H and O–H groups in total. The lowest BCUT2D eigenvalue weighted by Crippen LogP contribution is -2.23. The Morgan fingerprint density at radius 2 is 2.04 bits per heavy atom. The number of nitrogens with one attached hydrogen (secondary N) is 1. The number of benzene rings is 1. The Balaban J connectivity index is 1.77. The van der Waals surface area contributed by atoms with E-state index in [2.05, 4.69) is 9.71 Å². The van der Waals surface area contributed by atoms with Gasteiger partial charge in [-0.2, -0.15) is 0 Å². The quantitative estimate of drug-likeness (QED) is 0.687. The molecule has 0 aliphatic heterocycles. The van der Waals surface area contributed by atoms with E-state index in [4.69, 9.17) is 4.74 Å². The molecule has 0 radical (unpaired) electrons. The fourth-order valence-electron chi connectivity index (χ4n) is 2.36. The minimum atomic E-state index is -3.59. The molecule has 132 valence electrons. The lowest BCUT2D eigenvalue weighted by atomic mass is 10.2. The van der Waals surface area contributed by atoms with E-state index in [9.17, 15) is 8.42 Å².